The van der Waals surface area contributed by atoms with Gasteiger partial charge in [0, 0.05) is 32.4 Å². The Hall–Kier alpha value is -0.840. The number of aromatic amines is 1. The van der Waals surface area contributed by atoms with E-state index in [0.717, 1.165) is 44.7 Å². The number of aliphatic hydroxyl groups is 1. The molecule has 1 aliphatic heterocycles. The van der Waals surface area contributed by atoms with Crippen LogP contribution in [0.15, 0.2) is 18.3 Å². The van der Waals surface area contributed by atoms with Crippen molar-refractivity contribution in [2.75, 3.05) is 26.2 Å². The number of H-pyrrole nitrogens is 1. The molecule has 1 aromatic heterocycles. The van der Waals surface area contributed by atoms with E-state index >= 15 is 0 Å². The van der Waals surface area contributed by atoms with Gasteiger partial charge in [-0.25, -0.2) is 0 Å². The molecular weight excluding hydrogens is 202 g/mol. The third-order valence-corrected chi connectivity index (χ3v) is 3.27. The van der Waals surface area contributed by atoms with Crippen LogP contribution in [0.4, 0.5) is 0 Å². The van der Waals surface area contributed by atoms with Crippen molar-refractivity contribution in [1.29, 1.82) is 0 Å². The molecule has 1 aromatic rings. The highest BCUT2D eigenvalue weighted by atomic mass is 16.3. The molecule has 0 radical (unpaired) electrons. The molecule has 0 bridgehead atoms. The smallest absolute Gasteiger partial charge is 0.159 e. The largest absolute Gasteiger partial charge is 0.370 e. The first-order valence-electron chi connectivity index (χ1n) is 6.09. The Bertz CT molecular complexity index is 306. The first kappa shape index (κ1) is 11.6. The topological polar surface area (TPSA) is 51.3 Å². The Morgan fingerprint density at radius 2 is 2.19 bits per heavy atom. The van der Waals surface area contributed by atoms with E-state index in [1.54, 1.807) is 0 Å². The quantitative estimate of drug-likeness (QED) is 0.710. The lowest BCUT2D eigenvalue weighted by molar-refractivity contribution is -0.129. The maximum atomic E-state index is 10.9. The zero-order chi connectivity index (χ0) is 11.4. The van der Waals surface area contributed by atoms with E-state index in [1.165, 1.54) is 0 Å². The summed E-state index contributed by atoms with van der Waals surface area (Å²) in [4.78, 5) is 5.31. The van der Waals surface area contributed by atoms with Gasteiger partial charge < -0.3 is 15.4 Å². The lowest BCUT2D eigenvalue weighted by Gasteiger charge is -2.41. The summed E-state index contributed by atoms with van der Waals surface area (Å²) in [5.41, 5.74) is 0.0941. The van der Waals surface area contributed by atoms with Crippen LogP contribution in [0, 0.1) is 0 Å². The number of piperazine rings is 1. The Morgan fingerprint density at radius 1 is 1.44 bits per heavy atom. The molecule has 3 N–H and O–H groups in total. The van der Waals surface area contributed by atoms with Crippen molar-refractivity contribution in [2.24, 2.45) is 0 Å². The van der Waals surface area contributed by atoms with Crippen LogP contribution in [0.1, 0.15) is 25.5 Å². The normalized spacial score (nSPS) is 21.9. The molecule has 1 atom stereocenters. The van der Waals surface area contributed by atoms with Crippen molar-refractivity contribution in [3.63, 3.8) is 0 Å². The summed E-state index contributed by atoms with van der Waals surface area (Å²) in [7, 11) is 0. The van der Waals surface area contributed by atoms with Crippen molar-refractivity contribution < 1.29 is 5.11 Å². The lowest BCUT2D eigenvalue weighted by atomic mass is 10.0. The molecule has 0 amide bonds. The number of nitrogens with one attached hydrogen (secondary N) is 2. The molecule has 0 aromatic carbocycles. The predicted molar refractivity (Wildman–Crippen MR) is 64.0 cm³/mol. The van der Waals surface area contributed by atoms with E-state index in [-0.39, 0.29) is 0 Å². The van der Waals surface area contributed by atoms with Gasteiger partial charge in [0.15, 0.2) is 5.72 Å². The van der Waals surface area contributed by atoms with Gasteiger partial charge in [0.05, 0.1) is 5.69 Å². The second-order valence-electron chi connectivity index (χ2n) is 4.39. The first-order valence-corrected chi connectivity index (χ1v) is 6.09. The van der Waals surface area contributed by atoms with E-state index in [9.17, 15) is 5.11 Å². The minimum atomic E-state index is -0.819. The summed E-state index contributed by atoms with van der Waals surface area (Å²) < 4.78 is 0. The molecule has 4 heteroatoms. The number of rotatable bonds is 4. The molecule has 0 aliphatic carbocycles. The molecule has 0 spiro atoms. The Balaban J connectivity index is 2.20. The average Bonchev–Trinajstić information content (AvgIpc) is 2.84. The Morgan fingerprint density at radius 3 is 2.75 bits per heavy atom. The van der Waals surface area contributed by atoms with Crippen molar-refractivity contribution in [2.45, 2.75) is 25.5 Å². The van der Waals surface area contributed by atoms with Gasteiger partial charge in [0.25, 0.3) is 0 Å². The van der Waals surface area contributed by atoms with Crippen molar-refractivity contribution in [3.8, 4) is 0 Å². The van der Waals surface area contributed by atoms with Crippen molar-refractivity contribution in [1.82, 2.24) is 15.2 Å². The summed E-state index contributed by atoms with van der Waals surface area (Å²) in [6.07, 6.45) is 3.62. The first-order chi connectivity index (χ1) is 7.77. The highest BCUT2D eigenvalue weighted by Gasteiger charge is 2.36. The van der Waals surface area contributed by atoms with Gasteiger partial charge >= 0.3 is 0 Å². The fourth-order valence-corrected chi connectivity index (χ4v) is 2.43. The van der Waals surface area contributed by atoms with Gasteiger partial charge in [-0.3, -0.25) is 4.90 Å². The lowest BCUT2D eigenvalue weighted by Crippen LogP contribution is -2.54. The Labute approximate surface area is 96.7 Å². The van der Waals surface area contributed by atoms with E-state index in [2.05, 4.69) is 22.1 Å². The maximum absolute atomic E-state index is 10.9. The minimum absolute atomic E-state index is 0.771. The zero-order valence-corrected chi connectivity index (χ0v) is 9.87. The average molecular weight is 223 g/mol. The standard InChI is InChI=1S/C12H21N3O/c1-2-5-12(16,11-4-3-6-14-11)15-9-7-13-8-10-15/h3-4,6,13-14,16H,2,5,7-10H2,1H3. The van der Waals surface area contributed by atoms with Crippen LogP contribution >= 0.6 is 0 Å². The van der Waals surface area contributed by atoms with Gasteiger partial charge in [-0.05, 0) is 18.6 Å². The molecule has 2 rings (SSSR count). The minimum Gasteiger partial charge on any atom is -0.370 e. The third kappa shape index (κ3) is 2.14. The van der Waals surface area contributed by atoms with Crippen LogP contribution in [0.25, 0.3) is 0 Å². The molecular formula is C12H21N3O. The van der Waals surface area contributed by atoms with Crippen LogP contribution in [0.5, 0.6) is 0 Å². The highest BCUT2D eigenvalue weighted by molar-refractivity contribution is 5.13. The summed E-state index contributed by atoms with van der Waals surface area (Å²) in [5.74, 6) is 0. The van der Waals surface area contributed by atoms with Crippen molar-refractivity contribution in [3.05, 3.63) is 24.0 Å². The number of nitrogens with zero attached hydrogens (tertiary/aromatic N) is 1. The molecule has 2 heterocycles. The van der Waals surface area contributed by atoms with Gasteiger partial charge in [0.1, 0.15) is 0 Å². The summed E-state index contributed by atoms with van der Waals surface area (Å²) >= 11 is 0. The van der Waals surface area contributed by atoms with Gasteiger partial charge in [-0.15, -0.1) is 0 Å². The SMILES string of the molecule is CCCC(O)(c1ccc[nH]1)N1CCNCC1. The number of hydrogen-bond donors (Lipinski definition) is 3. The van der Waals surface area contributed by atoms with Crippen LogP contribution in [-0.4, -0.2) is 41.2 Å². The molecule has 1 aliphatic rings. The fraction of sp³-hybridized carbons (Fsp3) is 0.667. The molecule has 4 nitrogen and oxygen atoms in total. The van der Waals surface area contributed by atoms with Crippen LogP contribution in [0.3, 0.4) is 0 Å². The Kier molecular flexibility index (Phi) is 3.63. The summed E-state index contributed by atoms with van der Waals surface area (Å²) in [6.45, 7) is 5.81. The van der Waals surface area contributed by atoms with Crippen LogP contribution < -0.4 is 5.32 Å². The highest BCUT2D eigenvalue weighted by Crippen LogP contribution is 2.29. The van der Waals surface area contributed by atoms with Crippen LogP contribution in [-0.2, 0) is 5.72 Å². The fourth-order valence-electron chi connectivity index (χ4n) is 2.43. The van der Waals surface area contributed by atoms with Crippen LogP contribution in [0.2, 0.25) is 0 Å². The van der Waals surface area contributed by atoms with E-state index in [4.69, 9.17) is 0 Å². The number of aromatic nitrogens is 1. The second kappa shape index (κ2) is 4.99. The predicted octanol–water partition coefficient (Wildman–Crippen LogP) is 0.865. The maximum Gasteiger partial charge on any atom is 0.159 e. The van der Waals surface area contributed by atoms with Crippen molar-refractivity contribution >= 4 is 0 Å². The van der Waals surface area contributed by atoms with E-state index in [1.807, 2.05) is 18.3 Å². The monoisotopic (exact) mass is 223 g/mol. The van der Waals surface area contributed by atoms with Gasteiger partial charge in [0.2, 0.25) is 0 Å². The molecule has 0 saturated carbocycles. The number of hydrogen-bond acceptors (Lipinski definition) is 3. The second-order valence-corrected chi connectivity index (χ2v) is 4.39. The van der Waals surface area contributed by atoms with E-state index < -0.39 is 5.72 Å². The summed E-state index contributed by atoms with van der Waals surface area (Å²) in [6, 6.07) is 3.91. The molecule has 16 heavy (non-hydrogen) atoms. The molecule has 1 saturated heterocycles. The zero-order valence-electron chi connectivity index (χ0n) is 9.87. The van der Waals surface area contributed by atoms with Gasteiger partial charge in [-0.1, -0.05) is 13.3 Å². The summed E-state index contributed by atoms with van der Waals surface area (Å²) in [5, 5.41) is 14.2. The molecule has 90 valence electrons. The molecule has 1 unspecified atom stereocenters. The van der Waals surface area contributed by atoms with Gasteiger partial charge in [-0.2, -0.15) is 0 Å². The molecule has 1 fully saturated rings. The third-order valence-electron chi connectivity index (χ3n) is 3.27. The van der Waals surface area contributed by atoms with E-state index in [0.29, 0.717) is 0 Å².